The minimum atomic E-state index is -3.91. The smallest absolute Gasteiger partial charge is 0.417 e. The van der Waals surface area contributed by atoms with Crippen molar-refractivity contribution in [3.63, 3.8) is 0 Å². The van der Waals surface area contributed by atoms with Crippen LogP contribution >= 0.6 is 23.3 Å². The molecule has 38 heavy (non-hydrogen) atoms. The number of carbonyl (C=O) groups is 1. The van der Waals surface area contributed by atoms with E-state index in [1.807, 2.05) is 24.3 Å². The van der Waals surface area contributed by atoms with Gasteiger partial charge in [-0.3, -0.25) is 9.44 Å². The van der Waals surface area contributed by atoms with Crippen LogP contribution in [0.4, 0.5) is 14.9 Å². The van der Waals surface area contributed by atoms with E-state index in [0.29, 0.717) is 21.8 Å². The van der Waals surface area contributed by atoms with Crippen molar-refractivity contribution in [3.05, 3.63) is 95.1 Å². The van der Waals surface area contributed by atoms with Crippen molar-refractivity contribution < 1.29 is 22.3 Å². The second-order valence-electron chi connectivity index (χ2n) is 9.35. The SMILES string of the molecule is CC(C)(C)c1ccc(SNC(=O)OCc2ccc(NS(=O)(=O)c3csc(-c4ccc(F)cc4)n3)cc2)cc1. The molecular weight excluding hydrogens is 546 g/mol. The van der Waals surface area contributed by atoms with Crippen molar-refractivity contribution >= 4 is 45.1 Å². The fourth-order valence-electron chi connectivity index (χ4n) is 3.29. The molecule has 0 radical (unpaired) electrons. The van der Waals surface area contributed by atoms with Gasteiger partial charge >= 0.3 is 6.09 Å². The standard InChI is InChI=1S/C27H26FN3O4S3/c1-27(2,3)20-8-14-23(15-9-20)37-30-26(32)35-16-18-4-12-22(13-5-18)31-38(33,34)24-17-36-25(29-24)19-6-10-21(28)11-7-19/h4-15,17,31H,16H2,1-3H3,(H,30,32). The summed E-state index contributed by atoms with van der Waals surface area (Å²) in [6.07, 6.45) is -0.583. The Hall–Kier alpha value is -3.41. The number of hydrogen-bond acceptors (Lipinski definition) is 7. The number of carbonyl (C=O) groups excluding carboxylic acids is 1. The molecule has 0 saturated heterocycles. The molecule has 0 fully saturated rings. The van der Waals surface area contributed by atoms with Gasteiger partial charge < -0.3 is 4.74 Å². The highest BCUT2D eigenvalue weighted by molar-refractivity contribution is 7.98. The molecule has 0 unspecified atom stereocenters. The molecule has 0 spiro atoms. The number of anilines is 1. The number of thiazole rings is 1. The van der Waals surface area contributed by atoms with E-state index in [4.69, 9.17) is 4.74 Å². The van der Waals surface area contributed by atoms with Crippen LogP contribution in [-0.4, -0.2) is 19.5 Å². The van der Waals surface area contributed by atoms with Crippen LogP contribution in [-0.2, 0) is 26.8 Å². The first kappa shape index (κ1) is 27.6. The molecule has 4 aromatic rings. The van der Waals surface area contributed by atoms with E-state index in [1.165, 1.54) is 35.0 Å². The molecule has 1 heterocycles. The highest BCUT2D eigenvalue weighted by Crippen LogP contribution is 2.27. The number of amides is 1. The minimum Gasteiger partial charge on any atom is -0.444 e. The molecule has 0 atom stereocenters. The molecule has 198 valence electrons. The van der Waals surface area contributed by atoms with E-state index in [9.17, 15) is 17.6 Å². The summed E-state index contributed by atoms with van der Waals surface area (Å²) in [6, 6.07) is 20.1. The molecule has 0 aliphatic heterocycles. The summed E-state index contributed by atoms with van der Waals surface area (Å²) >= 11 is 2.32. The average Bonchev–Trinajstić information content (AvgIpc) is 3.39. The molecule has 1 amide bonds. The molecule has 0 bridgehead atoms. The number of halogens is 1. The quantitative estimate of drug-likeness (QED) is 0.222. The van der Waals surface area contributed by atoms with Crippen LogP contribution in [0, 0.1) is 5.82 Å². The molecule has 3 aromatic carbocycles. The summed E-state index contributed by atoms with van der Waals surface area (Å²) in [7, 11) is -3.91. The van der Waals surface area contributed by atoms with Gasteiger partial charge in [-0.25, -0.2) is 14.2 Å². The highest BCUT2D eigenvalue weighted by Gasteiger charge is 2.19. The second-order valence-corrected chi connectivity index (χ2v) is 12.7. The number of benzene rings is 3. The average molecular weight is 572 g/mol. The minimum absolute atomic E-state index is 0.0233. The van der Waals surface area contributed by atoms with Crippen molar-refractivity contribution in [1.29, 1.82) is 0 Å². The normalized spacial score (nSPS) is 11.7. The summed E-state index contributed by atoms with van der Waals surface area (Å²) in [5, 5.41) is 1.77. The molecule has 7 nitrogen and oxygen atoms in total. The summed E-state index contributed by atoms with van der Waals surface area (Å²) in [6.45, 7) is 6.44. The van der Waals surface area contributed by atoms with E-state index >= 15 is 0 Å². The number of ether oxygens (including phenoxy) is 1. The molecule has 1 aromatic heterocycles. The van der Waals surface area contributed by atoms with Crippen LogP contribution < -0.4 is 9.44 Å². The fourth-order valence-corrected chi connectivity index (χ4v) is 5.98. The van der Waals surface area contributed by atoms with Gasteiger partial charge in [0, 0.05) is 21.5 Å². The van der Waals surface area contributed by atoms with Crippen molar-refractivity contribution in [2.75, 3.05) is 4.72 Å². The maximum atomic E-state index is 13.1. The largest absolute Gasteiger partial charge is 0.444 e. The molecule has 4 rings (SSSR count). The molecule has 2 N–H and O–H groups in total. The summed E-state index contributed by atoms with van der Waals surface area (Å²) in [5.41, 5.74) is 2.92. The Morgan fingerprint density at radius 3 is 2.29 bits per heavy atom. The lowest BCUT2D eigenvalue weighted by Gasteiger charge is -2.19. The Kier molecular flexibility index (Phi) is 8.39. The van der Waals surface area contributed by atoms with Gasteiger partial charge in [0.1, 0.15) is 17.4 Å². The Labute approximate surface area is 229 Å². The number of sulfonamides is 1. The third-order valence-corrected chi connectivity index (χ3v) is 8.48. The van der Waals surface area contributed by atoms with Gasteiger partial charge in [0.25, 0.3) is 10.0 Å². The third-order valence-electron chi connectivity index (χ3n) is 5.40. The van der Waals surface area contributed by atoms with E-state index in [-0.39, 0.29) is 22.9 Å². The number of aromatic nitrogens is 1. The van der Waals surface area contributed by atoms with Gasteiger partial charge in [-0.15, -0.1) is 11.3 Å². The maximum Gasteiger partial charge on any atom is 0.417 e. The Morgan fingerprint density at radius 1 is 1.00 bits per heavy atom. The van der Waals surface area contributed by atoms with E-state index in [0.717, 1.165) is 16.2 Å². The summed E-state index contributed by atoms with van der Waals surface area (Å²) < 4.78 is 49.0. The van der Waals surface area contributed by atoms with Crippen LogP contribution in [0.5, 0.6) is 0 Å². The molecular formula is C27H26FN3O4S3. The van der Waals surface area contributed by atoms with Gasteiger partial charge in [-0.1, -0.05) is 45.0 Å². The van der Waals surface area contributed by atoms with Crippen LogP contribution in [0.15, 0.2) is 88.1 Å². The first-order valence-corrected chi connectivity index (χ1v) is 14.7. The first-order valence-electron chi connectivity index (χ1n) is 11.5. The summed E-state index contributed by atoms with van der Waals surface area (Å²) in [4.78, 5) is 17.1. The van der Waals surface area contributed by atoms with Crippen molar-refractivity contribution in [3.8, 4) is 10.6 Å². The van der Waals surface area contributed by atoms with Crippen LogP contribution in [0.2, 0.25) is 0 Å². The third kappa shape index (κ3) is 7.33. The lowest BCUT2D eigenvalue weighted by Crippen LogP contribution is -2.17. The molecule has 0 aliphatic rings. The Balaban J connectivity index is 1.27. The Bertz CT molecular complexity index is 1500. The number of hydrogen-bond donors (Lipinski definition) is 2. The second kappa shape index (κ2) is 11.5. The van der Waals surface area contributed by atoms with Crippen molar-refractivity contribution in [2.45, 2.75) is 42.7 Å². The van der Waals surface area contributed by atoms with Gasteiger partial charge in [0.2, 0.25) is 0 Å². The molecule has 0 saturated carbocycles. The zero-order valence-corrected chi connectivity index (χ0v) is 23.3. The van der Waals surface area contributed by atoms with Gasteiger partial charge in [0.15, 0.2) is 5.03 Å². The predicted octanol–water partition coefficient (Wildman–Crippen LogP) is 6.98. The van der Waals surface area contributed by atoms with E-state index in [1.54, 1.807) is 36.4 Å². The molecule has 0 aliphatic carbocycles. The van der Waals surface area contributed by atoms with Crippen LogP contribution in [0.1, 0.15) is 31.9 Å². The lowest BCUT2D eigenvalue weighted by atomic mass is 9.87. The number of nitrogens with one attached hydrogen (secondary N) is 2. The Morgan fingerprint density at radius 2 is 1.66 bits per heavy atom. The lowest BCUT2D eigenvalue weighted by molar-refractivity contribution is 0.147. The van der Waals surface area contributed by atoms with Gasteiger partial charge in [-0.2, -0.15) is 8.42 Å². The predicted molar refractivity (Wildman–Crippen MR) is 149 cm³/mol. The van der Waals surface area contributed by atoms with Crippen LogP contribution in [0.25, 0.3) is 10.6 Å². The van der Waals surface area contributed by atoms with E-state index in [2.05, 4.69) is 35.2 Å². The van der Waals surface area contributed by atoms with Crippen LogP contribution in [0.3, 0.4) is 0 Å². The number of rotatable bonds is 8. The molecule has 11 heteroatoms. The summed E-state index contributed by atoms with van der Waals surface area (Å²) in [5.74, 6) is -0.380. The number of nitrogens with zero attached hydrogens (tertiary/aromatic N) is 1. The first-order chi connectivity index (χ1) is 18.0. The van der Waals surface area contributed by atoms with Crippen molar-refractivity contribution in [1.82, 2.24) is 9.71 Å². The zero-order chi connectivity index (χ0) is 27.3. The highest BCUT2D eigenvalue weighted by atomic mass is 32.2. The topological polar surface area (TPSA) is 97.4 Å². The van der Waals surface area contributed by atoms with Gasteiger partial charge in [-0.05, 0) is 77.0 Å². The maximum absolute atomic E-state index is 13.1. The van der Waals surface area contributed by atoms with Crippen molar-refractivity contribution in [2.24, 2.45) is 0 Å². The van der Waals surface area contributed by atoms with E-state index < -0.39 is 16.1 Å². The monoisotopic (exact) mass is 571 g/mol. The van der Waals surface area contributed by atoms with Gasteiger partial charge in [0.05, 0.1) is 0 Å². The fraction of sp³-hybridized carbons (Fsp3) is 0.185. The zero-order valence-electron chi connectivity index (χ0n) is 20.9.